The summed E-state index contributed by atoms with van der Waals surface area (Å²) in [6.07, 6.45) is 0. The second kappa shape index (κ2) is 2.47. The highest BCUT2D eigenvalue weighted by atomic mass is 14.9. The van der Waals surface area contributed by atoms with Gasteiger partial charge in [-0.25, -0.2) is 0 Å². The molecule has 0 heterocycles. The molecule has 98 valence electrons. The molecule has 6 rings (SSSR count). The predicted molar refractivity (Wildman–Crippen MR) is 71.6 cm³/mol. The van der Waals surface area contributed by atoms with Gasteiger partial charge in [0.1, 0.15) is 0 Å². The van der Waals surface area contributed by atoms with Crippen molar-refractivity contribution >= 4 is 0 Å². The summed E-state index contributed by atoms with van der Waals surface area (Å²) in [4.78, 5) is 0. The van der Waals surface area contributed by atoms with Crippen LogP contribution in [0.3, 0.4) is 0 Å². The second-order valence-electron chi connectivity index (χ2n) is 9.21. The molecule has 18 heavy (non-hydrogen) atoms. The monoisotopic (exact) mass is 242 g/mol. The summed E-state index contributed by atoms with van der Waals surface area (Å²) in [5, 5.41) is 0. The molecule has 6 aliphatic rings. The molecular weight excluding hydrogens is 216 g/mol. The summed E-state index contributed by atoms with van der Waals surface area (Å²) < 4.78 is 0. The van der Waals surface area contributed by atoms with Crippen molar-refractivity contribution in [3.05, 3.63) is 0 Å². The highest BCUT2D eigenvalue weighted by Gasteiger charge is 2.86. The molecule has 0 nitrogen and oxygen atoms in total. The van der Waals surface area contributed by atoms with Crippen LogP contribution in [-0.2, 0) is 0 Å². The van der Waals surface area contributed by atoms with Crippen LogP contribution in [0.4, 0.5) is 0 Å². The highest BCUT2D eigenvalue weighted by Crippen LogP contribution is 2.89. The number of hydrogen-bond acceptors (Lipinski definition) is 0. The van der Waals surface area contributed by atoms with Crippen LogP contribution >= 0.6 is 0 Å². The zero-order valence-corrected chi connectivity index (χ0v) is 12.1. The van der Waals surface area contributed by atoms with E-state index in [4.69, 9.17) is 0 Å². The minimum absolute atomic E-state index is 1.07. The molecule has 0 amide bonds. The molecule has 0 aromatic heterocycles. The van der Waals surface area contributed by atoms with Gasteiger partial charge in [-0.1, -0.05) is 27.7 Å². The summed E-state index contributed by atoms with van der Waals surface area (Å²) in [7, 11) is 0. The van der Waals surface area contributed by atoms with Gasteiger partial charge in [-0.05, 0) is 82.9 Å². The second-order valence-corrected chi connectivity index (χ2v) is 9.21. The summed E-state index contributed by atoms with van der Waals surface area (Å²) in [5.74, 6) is 16.5. The molecule has 6 saturated carbocycles. The average molecular weight is 242 g/mol. The summed E-state index contributed by atoms with van der Waals surface area (Å²) in [6.45, 7) is 10.2. The molecule has 12 unspecified atom stereocenters. The summed E-state index contributed by atoms with van der Waals surface area (Å²) in [5.41, 5.74) is 0. The van der Waals surface area contributed by atoms with E-state index in [1.807, 2.05) is 0 Å². The zero-order valence-electron chi connectivity index (χ0n) is 12.1. The number of hydrogen-bond donors (Lipinski definition) is 0. The van der Waals surface area contributed by atoms with Crippen LogP contribution in [0.25, 0.3) is 0 Å². The van der Waals surface area contributed by atoms with E-state index >= 15 is 0 Å². The van der Waals surface area contributed by atoms with Crippen LogP contribution in [0.15, 0.2) is 0 Å². The van der Waals surface area contributed by atoms with Crippen LogP contribution in [0.5, 0.6) is 0 Å². The van der Waals surface area contributed by atoms with Crippen LogP contribution in [-0.4, -0.2) is 0 Å². The fraction of sp³-hybridized carbons (Fsp3) is 1.00. The van der Waals surface area contributed by atoms with Crippen LogP contribution < -0.4 is 0 Å². The molecule has 0 saturated heterocycles. The molecule has 0 aliphatic heterocycles. The Labute approximate surface area is 111 Å². The van der Waals surface area contributed by atoms with Gasteiger partial charge in [-0.15, -0.1) is 0 Å². The van der Waals surface area contributed by atoms with Gasteiger partial charge in [0.15, 0.2) is 0 Å². The highest BCUT2D eigenvalue weighted by molar-refractivity contribution is 5.32. The van der Waals surface area contributed by atoms with Crippen molar-refractivity contribution in [3.63, 3.8) is 0 Å². The Morgan fingerprint density at radius 1 is 0.278 bits per heavy atom. The maximum Gasteiger partial charge on any atom is -0.0312 e. The topological polar surface area (TPSA) is 0 Å². The Bertz CT molecular complexity index is 371. The van der Waals surface area contributed by atoms with Gasteiger partial charge < -0.3 is 0 Å². The first-order valence-corrected chi connectivity index (χ1v) is 8.64. The van der Waals surface area contributed by atoms with E-state index in [1.54, 1.807) is 0 Å². The van der Waals surface area contributed by atoms with Crippen LogP contribution in [0, 0.1) is 82.9 Å². The van der Waals surface area contributed by atoms with Gasteiger partial charge in [0.2, 0.25) is 0 Å². The van der Waals surface area contributed by atoms with Crippen LogP contribution in [0.1, 0.15) is 27.7 Å². The normalized spacial score (nSPS) is 84.7. The van der Waals surface area contributed by atoms with Gasteiger partial charge in [-0.3, -0.25) is 0 Å². The largest absolute Gasteiger partial charge is 0.0620 e. The first kappa shape index (κ1) is 9.83. The first-order valence-electron chi connectivity index (χ1n) is 8.64. The smallest absolute Gasteiger partial charge is 0.0312 e. The molecule has 6 aliphatic carbocycles. The van der Waals surface area contributed by atoms with Crippen LogP contribution in [0.2, 0.25) is 0 Å². The van der Waals surface area contributed by atoms with E-state index in [0.717, 1.165) is 23.7 Å². The van der Waals surface area contributed by atoms with Gasteiger partial charge in [-0.2, -0.15) is 0 Å². The van der Waals surface area contributed by atoms with E-state index in [9.17, 15) is 0 Å². The molecule has 6 fully saturated rings. The standard InChI is InChI=1S/C18H26/c1-5-6(2)10-9(5)13-14(10)18-16-12-8(4)7(3)11(12)15(16)17(13)18/h5-18H,1-4H3. The number of fused-ring (bicyclic) bond motifs is 13. The SMILES string of the molecule is CC1C(C)C2C1C1C2C2C3C4C(C)C(C)C4C3C12. The summed E-state index contributed by atoms with van der Waals surface area (Å²) >= 11 is 0. The van der Waals surface area contributed by atoms with E-state index < -0.39 is 0 Å². The predicted octanol–water partition coefficient (Wildman–Crippen LogP) is 3.77. The molecule has 0 N–H and O–H groups in total. The minimum Gasteiger partial charge on any atom is -0.0620 e. The van der Waals surface area contributed by atoms with E-state index in [0.29, 0.717) is 0 Å². The Balaban J connectivity index is 1.30. The lowest BCUT2D eigenvalue weighted by atomic mass is 9.13. The van der Waals surface area contributed by atoms with Gasteiger partial charge in [0.25, 0.3) is 0 Å². The lowest BCUT2D eigenvalue weighted by Crippen LogP contribution is -2.88. The Morgan fingerprint density at radius 2 is 0.444 bits per heavy atom. The molecule has 12 atom stereocenters. The van der Waals surface area contributed by atoms with E-state index in [2.05, 4.69) is 27.7 Å². The van der Waals surface area contributed by atoms with Gasteiger partial charge in [0.05, 0.1) is 0 Å². The van der Waals surface area contributed by atoms with Gasteiger partial charge in [0, 0.05) is 0 Å². The molecule has 0 bridgehead atoms. The fourth-order valence-corrected chi connectivity index (χ4v) is 8.98. The summed E-state index contributed by atoms with van der Waals surface area (Å²) in [6, 6.07) is 0. The maximum atomic E-state index is 2.54. The minimum atomic E-state index is 1.07. The van der Waals surface area contributed by atoms with Crippen molar-refractivity contribution in [2.75, 3.05) is 0 Å². The quantitative estimate of drug-likeness (QED) is 0.567. The fourth-order valence-electron chi connectivity index (χ4n) is 8.98. The lowest BCUT2D eigenvalue weighted by Gasteiger charge is -2.91. The zero-order chi connectivity index (χ0) is 12.1. The van der Waals surface area contributed by atoms with E-state index in [1.165, 1.54) is 59.2 Å². The third kappa shape index (κ3) is 0.623. The van der Waals surface area contributed by atoms with Gasteiger partial charge >= 0.3 is 0 Å². The Hall–Kier alpha value is 0. The maximum absolute atomic E-state index is 2.54. The first-order chi connectivity index (χ1) is 8.64. The molecule has 0 heteroatoms. The van der Waals surface area contributed by atoms with Crippen molar-refractivity contribution in [2.45, 2.75) is 27.7 Å². The Kier molecular flexibility index (Phi) is 1.35. The molecule has 0 aromatic rings. The van der Waals surface area contributed by atoms with E-state index in [-0.39, 0.29) is 0 Å². The van der Waals surface area contributed by atoms with Crippen molar-refractivity contribution in [2.24, 2.45) is 82.9 Å². The molecule has 0 aromatic carbocycles. The lowest BCUT2D eigenvalue weighted by molar-refractivity contribution is -0.444. The van der Waals surface area contributed by atoms with Crippen molar-refractivity contribution < 1.29 is 0 Å². The van der Waals surface area contributed by atoms with Crippen molar-refractivity contribution in [1.29, 1.82) is 0 Å². The average Bonchev–Trinajstić information content (AvgIpc) is 2.33. The van der Waals surface area contributed by atoms with Crippen molar-refractivity contribution in [1.82, 2.24) is 0 Å². The number of rotatable bonds is 0. The molecular formula is C18H26. The van der Waals surface area contributed by atoms with Crippen molar-refractivity contribution in [3.8, 4) is 0 Å². The molecule has 0 spiro atoms. The Morgan fingerprint density at radius 3 is 0.667 bits per heavy atom. The third-order valence-electron chi connectivity index (χ3n) is 9.86. The molecule has 0 radical (unpaired) electrons. The third-order valence-corrected chi connectivity index (χ3v) is 9.86.